The van der Waals surface area contributed by atoms with E-state index in [0.29, 0.717) is 30.3 Å². The number of benzene rings is 2. The molecule has 0 saturated carbocycles. The van der Waals surface area contributed by atoms with Gasteiger partial charge in [0.1, 0.15) is 5.76 Å². The third-order valence-corrected chi connectivity index (χ3v) is 6.87. The Morgan fingerprint density at radius 1 is 1.13 bits per heavy atom. The van der Waals surface area contributed by atoms with Crippen LogP contribution in [0.3, 0.4) is 0 Å². The minimum absolute atomic E-state index is 0.0365. The summed E-state index contributed by atoms with van der Waals surface area (Å²) in [6.45, 7) is 2.25. The molecule has 1 aliphatic heterocycles. The van der Waals surface area contributed by atoms with Gasteiger partial charge in [-0.25, -0.2) is 13.4 Å². The largest absolute Gasteiger partial charge is 0.441 e. The molecule has 2 aromatic carbocycles. The van der Waals surface area contributed by atoms with Crippen molar-refractivity contribution in [3.05, 3.63) is 71.6 Å². The van der Waals surface area contributed by atoms with Crippen LogP contribution in [0.15, 0.2) is 59.0 Å². The second-order valence-electron chi connectivity index (χ2n) is 7.18. The van der Waals surface area contributed by atoms with E-state index < -0.39 is 10.0 Å². The minimum atomic E-state index is -3.50. The Balaban J connectivity index is 1.33. The Bertz CT molecular complexity index is 1160. The fourth-order valence-electron chi connectivity index (χ4n) is 3.54. The lowest BCUT2D eigenvalue weighted by Crippen LogP contribution is -2.37. The van der Waals surface area contributed by atoms with E-state index in [4.69, 9.17) is 4.42 Å². The van der Waals surface area contributed by atoms with Crippen LogP contribution >= 0.6 is 0 Å². The van der Waals surface area contributed by atoms with E-state index in [2.05, 4.69) is 10.3 Å². The van der Waals surface area contributed by atoms with Gasteiger partial charge in [-0.15, -0.1) is 0 Å². The number of aryl methyl sites for hydroxylation is 1. The summed E-state index contributed by atoms with van der Waals surface area (Å²) in [4.78, 5) is 16.7. The molecule has 0 aliphatic carbocycles. The van der Waals surface area contributed by atoms with Crippen molar-refractivity contribution in [3.8, 4) is 11.5 Å². The lowest BCUT2D eigenvalue weighted by Gasteiger charge is -2.19. The van der Waals surface area contributed by atoms with E-state index in [1.807, 2.05) is 54.6 Å². The Morgan fingerprint density at radius 3 is 2.67 bits per heavy atom. The number of nitrogens with one attached hydrogen (secondary N) is 1. The first-order valence-electron chi connectivity index (χ1n) is 9.81. The van der Waals surface area contributed by atoms with Crippen molar-refractivity contribution in [1.82, 2.24) is 10.3 Å². The highest BCUT2D eigenvalue weighted by Gasteiger charge is 2.28. The Morgan fingerprint density at radius 2 is 1.87 bits per heavy atom. The lowest BCUT2D eigenvalue weighted by atomic mass is 10.2. The summed E-state index contributed by atoms with van der Waals surface area (Å²) in [6, 6.07) is 17.0. The van der Waals surface area contributed by atoms with Crippen molar-refractivity contribution in [1.29, 1.82) is 0 Å². The van der Waals surface area contributed by atoms with Crippen LogP contribution in [-0.4, -0.2) is 38.2 Å². The van der Waals surface area contributed by atoms with Crippen molar-refractivity contribution in [2.75, 3.05) is 23.1 Å². The van der Waals surface area contributed by atoms with Crippen LogP contribution in [0.25, 0.3) is 11.5 Å². The minimum Gasteiger partial charge on any atom is -0.441 e. The van der Waals surface area contributed by atoms with Crippen LogP contribution < -0.4 is 9.62 Å². The molecule has 0 saturated heterocycles. The Kier molecular flexibility index (Phi) is 5.59. The summed E-state index contributed by atoms with van der Waals surface area (Å²) in [5.74, 6) is 0.597. The first-order valence-corrected chi connectivity index (χ1v) is 11.4. The number of carbonyl (C=O) groups excluding carboxylic acids is 1. The zero-order valence-corrected chi connectivity index (χ0v) is 17.5. The standard InChI is InChI=1S/C22H23N3O4S/c1-16-19(24-22(29-16)18-8-3-2-4-9-18)15-21(26)23-12-14-30(27,28)25-13-11-17-7-5-6-10-20(17)25/h2-10H,11-15H2,1H3,(H,23,26). The van der Waals surface area contributed by atoms with Crippen molar-refractivity contribution in [3.63, 3.8) is 0 Å². The average Bonchev–Trinajstić information content (AvgIpc) is 3.33. The number of para-hydroxylation sites is 1. The molecule has 1 aromatic heterocycles. The lowest BCUT2D eigenvalue weighted by molar-refractivity contribution is -0.120. The molecular formula is C22H23N3O4S. The fourth-order valence-corrected chi connectivity index (χ4v) is 4.97. The predicted octanol–water partition coefficient (Wildman–Crippen LogP) is 2.70. The molecule has 2 heterocycles. The average molecular weight is 426 g/mol. The topological polar surface area (TPSA) is 92.5 Å². The van der Waals surface area contributed by atoms with Gasteiger partial charge in [-0.2, -0.15) is 0 Å². The van der Waals surface area contributed by atoms with E-state index in [1.54, 1.807) is 6.92 Å². The van der Waals surface area contributed by atoms with Gasteiger partial charge in [0.15, 0.2) is 0 Å². The van der Waals surface area contributed by atoms with Gasteiger partial charge in [0.05, 0.1) is 23.6 Å². The SMILES string of the molecule is Cc1oc(-c2ccccc2)nc1CC(=O)NCCS(=O)(=O)N1CCc2ccccc21. The van der Waals surface area contributed by atoms with Crippen LogP contribution in [-0.2, 0) is 27.7 Å². The first kappa shape index (κ1) is 20.2. The van der Waals surface area contributed by atoms with Crippen molar-refractivity contribution >= 4 is 21.6 Å². The van der Waals surface area contributed by atoms with E-state index in [0.717, 1.165) is 16.8 Å². The van der Waals surface area contributed by atoms with Gasteiger partial charge in [-0.05, 0) is 37.1 Å². The summed E-state index contributed by atoms with van der Waals surface area (Å²) < 4.78 is 32.5. The monoisotopic (exact) mass is 425 g/mol. The molecule has 0 unspecified atom stereocenters. The zero-order valence-electron chi connectivity index (χ0n) is 16.7. The quantitative estimate of drug-likeness (QED) is 0.628. The molecule has 1 N–H and O–H groups in total. The highest BCUT2D eigenvalue weighted by molar-refractivity contribution is 7.92. The number of carbonyl (C=O) groups is 1. The molecule has 4 rings (SSSR count). The van der Waals surface area contributed by atoms with Gasteiger partial charge < -0.3 is 9.73 Å². The zero-order chi connectivity index (χ0) is 21.1. The number of sulfonamides is 1. The van der Waals surface area contributed by atoms with Crippen LogP contribution in [0.5, 0.6) is 0 Å². The van der Waals surface area contributed by atoms with Gasteiger partial charge in [-0.1, -0.05) is 36.4 Å². The maximum atomic E-state index is 12.7. The summed E-state index contributed by atoms with van der Waals surface area (Å²) in [5.41, 5.74) is 3.14. The van der Waals surface area contributed by atoms with Crippen LogP contribution in [0, 0.1) is 6.92 Å². The van der Waals surface area contributed by atoms with Crippen LogP contribution in [0.1, 0.15) is 17.0 Å². The smallest absolute Gasteiger partial charge is 0.236 e. The van der Waals surface area contributed by atoms with Gasteiger partial charge in [0.25, 0.3) is 0 Å². The third kappa shape index (κ3) is 4.23. The van der Waals surface area contributed by atoms with Crippen LogP contribution in [0.4, 0.5) is 5.69 Å². The van der Waals surface area contributed by atoms with Gasteiger partial charge in [0, 0.05) is 18.7 Å². The van der Waals surface area contributed by atoms with Gasteiger partial charge >= 0.3 is 0 Å². The first-order chi connectivity index (χ1) is 14.4. The number of amides is 1. The second-order valence-corrected chi connectivity index (χ2v) is 9.19. The number of hydrogen-bond acceptors (Lipinski definition) is 5. The predicted molar refractivity (Wildman–Crippen MR) is 115 cm³/mol. The molecule has 1 aliphatic rings. The highest BCUT2D eigenvalue weighted by Crippen LogP contribution is 2.29. The maximum Gasteiger partial charge on any atom is 0.236 e. The molecule has 8 heteroatoms. The van der Waals surface area contributed by atoms with E-state index in [-0.39, 0.29) is 24.6 Å². The van der Waals surface area contributed by atoms with Crippen LogP contribution in [0.2, 0.25) is 0 Å². The number of fused-ring (bicyclic) bond motifs is 1. The summed E-state index contributed by atoms with van der Waals surface area (Å²) >= 11 is 0. The Hall–Kier alpha value is -3.13. The summed E-state index contributed by atoms with van der Waals surface area (Å²) in [6.07, 6.45) is 0.742. The van der Waals surface area contributed by atoms with Gasteiger partial charge in [-0.3, -0.25) is 9.10 Å². The molecule has 3 aromatic rings. The van der Waals surface area contributed by atoms with Crippen molar-refractivity contribution in [2.45, 2.75) is 19.8 Å². The van der Waals surface area contributed by atoms with Gasteiger partial charge in [0.2, 0.25) is 21.8 Å². The molecule has 0 radical (unpaired) electrons. The molecule has 1 amide bonds. The number of anilines is 1. The number of nitrogens with zero attached hydrogens (tertiary/aromatic N) is 2. The Labute approximate surface area is 175 Å². The molecule has 7 nitrogen and oxygen atoms in total. The number of rotatable bonds is 7. The van der Waals surface area contributed by atoms with Crippen molar-refractivity contribution < 1.29 is 17.6 Å². The molecule has 0 atom stereocenters. The molecule has 30 heavy (non-hydrogen) atoms. The number of aromatic nitrogens is 1. The molecular weight excluding hydrogens is 402 g/mol. The molecule has 0 fully saturated rings. The maximum absolute atomic E-state index is 12.7. The van der Waals surface area contributed by atoms with E-state index in [9.17, 15) is 13.2 Å². The fraction of sp³-hybridized carbons (Fsp3) is 0.273. The normalized spacial score (nSPS) is 13.3. The third-order valence-electron chi connectivity index (χ3n) is 5.10. The molecule has 0 spiro atoms. The molecule has 156 valence electrons. The second kappa shape index (κ2) is 8.31. The van der Waals surface area contributed by atoms with E-state index >= 15 is 0 Å². The van der Waals surface area contributed by atoms with E-state index in [1.165, 1.54) is 4.31 Å². The number of hydrogen-bond donors (Lipinski definition) is 1. The highest BCUT2D eigenvalue weighted by atomic mass is 32.2. The number of oxazole rings is 1. The molecule has 0 bridgehead atoms. The summed E-state index contributed by atoms with van der Waals surface area (Å²) in [5, 5.41) is 2.68. The van der Waals surface area contributed by atoms with Crippen molar-refractivity contribution in [2.24, 2.45) is 0 Å². The summed E-state index contributed by atoms with van der Waals surface area (Å²) in [7, 11) is -3.50.